The van der Waals surface area contributed by atoms with Crippen LogP contribution in [0.1, 0.15) is 13.8 Å². The topological polar surface area (TPSA) is 84.7 Å². The summed E-state index contributed by atoms with van der Waals surface area (Å²) < 4.78 is 5.06. The summed E-state index contributed by atoms with van der Waals surface area (Å²) in [6.45, 7) is 3.56. The number of hydrogen-bond acceptors (Lipinski definition) is 4. The molecule has 0 radical (unpaired) electrons. The van der Waals surface area contributed by atoms with Gasteiger partial charge in [0.25, 0.3) is 0 Å². The molecule has 0 aliphatic heterocycles. The number of anilines is 1. The molecule has 7 heteroatoms. The predicted molar refractivity (Wildman–Crippen MR) is 87.2 cm³/mol. The van der Waals surface area contributed by atoms with E-state index in [2.05, 4.69) is 5.32 Å². The first kappa shape index (κ1) is 18.3. The Kier molecular flexibility index (Phi) is 6.64. The molecular weight excluding hydrogens is 306 g/mol. The second-order valence-electron chi connectivity index (χ2n) is 5.26. The summed E-state index contributed by atoms with van der Waals surface area (Å²) in [5.41, 5.74) is 6.33. The zero-order chi connectivity index (χ0) is 16.9. The minimum Gasteiger partial charge on any atom is -0.495 e. The quantitative estimate of drug-likeness (QED) is 0.827. The molecule has 0 spiro atoms. The molecule has 0 aromatic heterocycles. The SMILES string of the molecule is COc1ccc(N(C)C(=O)CNC(=O)[C@@H](N)C(C)C)cc1Cl. The van der Waals surface area contributed by atoms with Gasteiger partial charge in [-0.05, 0) is 24.1 Å². The molecule has 122 valence electrons. The van der Waals surface area contributed by atoms with Crippen LogP contribution in [-0.4, -0.2) is 38.6 Å². The van der Waals surface area contributed by atoms with E-state index in [9.17, 15) is 9.59 Å². The van der Waals surface area contributed by atoms with Gasteiger partial charge in [0.05, 0.1) is 24.7 Å². The third kappa shape index (κ3) is 4.61. The van der Waals surface area contributed by atoms with Gasteiger partial charge in [-0.15, -0.1) is 0 Å². The monoisotopic (exact) mass is 327 g/mol. The van der Waals surface area contributed by atoms with Gasteiger partial charge in [-0.25, -0.2) is 0 Å². The summed E-state index contributed by atoms with van der Waals surface area (Å²) in [6, 6.07) is 4.38. The second kappa shape index (κ2) is 8.00. The third-order valence-electron chi connectivity index (χ3n) is 3.33. The van der Waals surface area contributed by atoms with E-state index in [-0.39, 0.29) is 24.3 Å². The lowest BCUT2D eigenvalue weighted by atomic mass is 10.1. The molecule has 0 aliphatic rings. The first-order valence-electron chi connectivity index (χ1n) is 6.91. The number of likely N-dealkylation sites (N-methyl/N-ethyl adjacent to an activating group) is 1. The number of nitrogens with one attached hydrogen (secondary N) is 1. The van der Waals surface area contributed by atoms with Gasteiger partial charge in [-0.1, -0.05) is 25.4 Å². The minimum absolute atomic E-state index is 0.00762. The molecule has 22 heavy (non-hydrogen) atoms. The average Bonchev–Trinajstić information content (AvgIpc) is 2.50. The molecule has 3 N–H and O–H groups in total. The zero-order valence-corrected chi connectivity index (χ0v) is 14.0. The van der Waals surface area contributed by atoms with E-state index in [1.165, 1.54) is 12.0 Å². The summed E-state index contributed by atoms with van der Waals surface area (Å²) in [4.78, 5) is 25.3. The fraction of sp³-hybridized carbons (Fsp3) is 0.467. The van der Waals surface area contributed by atoms with Crippen molar-refractivity contribution in [2.45, 2.75) is 19.9 Å². The largest absolute Gasteiger partial charge is 0.495 e. The number of benzene rings is 1. The molecule has 1 atom stereocenters. The second-order valence-corrected chi connectivity index (χ2v) is 5.67. The lowest BCUT2D eigenvalue weighted by Gasteiger charge is -2.20. The molecule has 1 aromatic carbocycles. The van der Waals surface area contributed by atoms with E-state index in [0.29, 0.717) is 16.5 Å². The van der Waals surface area contributed by atoms with E-state index < -0.39 is 6.04 Å². The van der Waals surface area contributed by atoms with Crippen molar-refractivity contribution in [2.24, 2.45) is 11.7 Å². The number of nitrogens with zero attached hydrogens (tertiary/aromatic N) is 1. The zero-order valence-electron chi connectivity index (χ0n) is 13.2. The van der Waals surface area contributed by atoms with Crippen molar-refractivity contribution in [1.29, 1.82) is 0 Å². The van der Waals surface area contributed by atoms with Crippen molar-refractivity contribution in [3.05, 3.63) is 23.2 Å². The van der Waals surface area contributed by atoms with Crippen molar-refractivity contribution in [3.63, 3.8) is 0 Å². The van der Waals surface area contributed by atoms with Crippen LogP contribution in [0.5, 0.6) is 5.75 Å². The Hall–Kier alpha value is -1.79. The van der Waals surface area contributed by atoms with Crippen LogP contribution in [0.25, 0.3) is 0 Å². The van der Waals surface area contributed by atoms with Crippen LogP contribution in [0, 0.1) is 5.92 Å². The molecule has 0 heterocycles. The Morgan fingerprint density at radius 1 is 1.41 bits per heavy atom. The van der Waals surface area contributed by atoms with Crippen LogP contribution in [0.3, 0.4) is 0 Å². The maximum Gasteiger partial charge on any atom is 0.246 e. The Balaban J connectivity index is 2.66. The lowest BCUT2D eigenvalue weighted by molar-refractivity contribution is -0.126. The van der Waals surface area contributed by atoms with Gasteiger partial charge in [-0.3, -0.25) is 9.59 Å². The summed E-state index contributed by atoms with van der Waals surface area (Å²) in [5, 5.41) is 2.95. The van der Waals surface area contributed by atoms with Gasteiger partial charge >= 0.3 is 0 Å². The molecule has 0 saturated carbocycles. The number of ether oxygens (including phenoxy) is 1. The predicted octanol–water partition coefficient (Wildman–Crippen LogP) is 1.41. The number of rotatable bonds is 6. The summed E-state index contributed by atoms with van der Waals surface area (Å²) in [6.07, 6.45) is 0. The number of nitrogens with two attached hydrogens (primary N) is 1. The molecule has 1 rings (SSSR count). The summed E-state index contributed by atoms with van der Waals surface area (Å²) in [7, 11) is 3.12. The van der Waals surface area contributed by atoms with E-state index in [1.807, 2.05) is 13.8 Å². The summed E-state index contributed by atoms with van der Waals surface area (Å²) >= 11 is 6.03. The molecule has 2 amide bonds. The van der Waals surface area contributed by atoms with Crippen molar-refractivity contribution in [1.82, 2.24) is 5.32 Å². The van der Waals surface area contributed by atoms with Crippen LogP contribution in [0.4, 0.5) is 5.69 Å². The van der Waals surface area contributed by atoms with Gasteiger partial charge in [0, 0.05) is 12.7 Å². The Morgan fingerprint density at radius 2 is 2.05 bits per heavy atom. The lowest BCUT2D eigenvalue weighted by Crippen LogP contribution is -2.47. The first-order valence-corrected chi connectivity index (χ1v) is 7.29. The number of amides is 2. The highest BCUT2D eigenvalue weighted by Gasteiger charge is 2.19. The fourth-order valence-electron chi connectivity index (χ4n) is 1.71. The van der Waals surface area contributed by atoms with E-state index in [4.69, 9.17) is 22.1 Å². The van der Waals surface area contributed by atoms with Crippen molar-refractivity contribution >= 4 is 29.1 Å². The molecule has 0 fully saturated rings. The number of carbonyl (C=O) groups excluding carboxylic acids is 2. The van der Waals surface area contributed by atoms with Gasteiger partial charge in [0.1, 0.15) is 5.75 Å². The molecule has 1 aromatic rings. The Labute approximate surface area is 135 Å². The van der Waals surface area contributed by atoms with Crippen LogP contribution in [-0.2, 0) is 9.59 Å². The normalized spacial score (nSPS) is 12.0. The third-order valence-corrected chi connectivity index (χ3v) is 3.63. The highest BCUT2D eigenvalue weighted by Crippen LogP contribution is 2.28. The average molecular weight is 328 g/mol. The van der Waals surface area contributed by atoms with Crippen LogP contribution in [0.15, 0.2) is 18.2 Å². The van der Waals surface area contributed by atoms with Crippen molar-refractivity contribution < 1.29 is 14.3 Å². The highest BCUT2D eigenvalue weighted by molar-refractivity contribution is 6.32. The highest BCUT2D eigenvalue weighted by atomic mass is 35.5. The Bertz CT molecular complexity index is 549. The number of methoxy groups -OCH3 is 1. The van der Waals surface area contributed by atoms with Gasteiger partial charge < -0.3 is 20.7 Å². The minimum atomic E-state index is -0.631. The number of carbonyl (C=O) groups is 2. The maximum absolute atomic E-state index is 12.1. The van der Waals surface area contributed by atoms with Gasteiger partial charge in [-0.2, -0.15) is 0 Å². The molecule has 0 bridgehead atoms. The molecule has 0 unspecified atom stereocenters. The number of halogens is 1. The van der Waals surface area contributed by atoms with Crippen molar-refractivity contribution in [2.75, 3.05) is 25.6 Å². The van der Waals surface area contributed by atoms with Crippen LogP contribution < -0.4 is 20.7 Å². The first-order chi connectivity index (χ1) is 10.3. The van der Waals surface area contributed by atoms with E-state index >= 15 is 0 Å². The number of hydrogen-bond donors (Lipinski definition) is 2. The van der Waals surface area contributed by atoms with Gasteiger partial charge in [0.15, 0.2) is 0 Å². The molecule has 0 saturated heterocycles. The summed E-state index contributed by atoms with van der Waals surface area (Å²) in [5.74, 6) is -0.0780. The maximum atomic E-state index is 12.1. The molecule has 0 aliphatic carbocycles. The van der Waals surface area contributed by atoms with Crippen LogP contribution >= 0.6 is 11.6 Å². The molecular formula is C15H22ClN3O3. The van der Waals surface area contributed by atoms with Gasteiger partial charge in [0.2, 0.25) is 11.8 Å². The Morgan fingerprint density at radius 3 is 2.55 bits per heavy atom. The van der Waals surface area contributed by atoms with Crippen molar-refractivity contribution in [3.8, 4) is 5.75 Å². The fourth-order valence-corrected chi connectivity index (χ4v) is 1.96. The van der Waals surface area contributed by atoms with E-state index in [0.717, 1.165) is 0 Å². The standard InChI is InChI=1S/C15H22ClN3O3/c1-9(2)14(17)15(21)18-8-13(20)19(3)10-5-6-12(22-4)11(16)7-10/h5-7,9,14H,8,17H2,1-4H3,(H,18,21)/t14-/m0/s1. The van der Waals surface area contributed by atoms with E-state index in [1.54, 1.807) is 25.2 Å². The molecule has 6 nitrogen and oxygen atoms in total. The smallest absolute Gasteiger partial charge is 0.246 e. The van der Waals surface area contributed by atoms with Crippen LogP contribution in [0.2, 0.25) is 5.02 Å².